The van der Waals surface area contributed by atoms with Gasteiger partial charge in [-0.1, -0.05) is 279 Å². The lowest BCUT2D eigenvalue weighted by Crippen LogP contribution is -2.13. The lowest BCUT2D eigenvalue weighted by molar-refractivity contribution is 1.04. The maximum atomic E-state index is 12.8. The zero-order valence-electron chi connectivity index (χ0n) is 54.8. The van der Waals surface area contributed by atoms with Crippen LogP contribution in [0.1, 0.15) is 5.56 Å². The Balaban J connectivity index is 1.05. The molecule has 101 heavy (non-hydrogen) atoms. The minimum absolute atomic E-state index is 0.452. The van der Waals surface area contributed by atoms with Crippen molar-refractivity contribution in [2.45, 2.75) is 0 Å². The molecule has 15 aromatic carbocycles. The summed E-state index contributed by atoms with van der Waals surface area (Å²) in [5.41, 5.74) is 25.7. The van der Waals surface area contributed by atoms with Crippen LogP contribution in [0.3, 0.4) is 0 Å². The second-order valence-electron chi connectivity index (χ2n) is 25.9. The first kappa shape index (κ1) is 58.6. The highest BCUT2D eigenvalue weighted by Gasteiger charge is 2.32. The molecule has 0 unspecified atom stereocenters. The molecule has 0 saturated carbocycles. The van der Waals surface area contributed by atoms with E-state index in [0.29, 0.717) is 22.8 Å². The SMILES string of the molecule is N#Cc1cc(-c2cc(-c3ccccc3)nc(-c3ccccc3)n2)c(-n2c3ccc(-c4ccccc4)cc3c3cc(-c4ccccc4)ccc32)c(-n2c3ccc(-c4ccccc4)cc3c3cc(-c4ccccc4)ccc32)c1-n1c2ccc(-c3ccccc3)cc2c2cc(-c3ccccc3)ccc21. The molecule has 0 spiro atoms. The van der Waals surface area contributed by atoms with Crippen molar-refractivity contribution < 1.29 is 0 Å². The van der Waals surface area contributed by atoms with E-state index in [0.717, 1.165) is 166 Å². The molecule has 0 radical (unpaired) electrons. The van der Waals surface area contributed by atoms with Gasteiger partial charge in [-0.05, 0) is 152 Å². The summed E-state index contributed by atoms with van der Waals surface area (Å²) in [5, 5.41) is 19.2. The molecule has 4 heterocycles. The highest BCUT2D eigenvalue weighted by atomic mass is 15.1. The standard InChI is InChI=1S/C95H60N6/c96-61-76-59-83(85-60-84(68-37-21-7-22-38-68)97-95(98-85)69-39-23-8-24-40-69)93(100-88-49-43-72(64-29-13-3-14-30-64)55-79(88)80-56-73(44-50-89(80)100)65-31-15-4-16-32-65)94(101-90-51-45-74(66-33-17-5-18-34-66)57-81(90)82-58-75(46-52-91(82)101)67-35-19-6-20-36-67)92(76)99-86-47-41-70(62-25-9-1-10-26-62)53-77(86)78-54-71(42-48-87(78)99)63-27-11-2-12-28-63/h1-60H. The van der Waals surface area contributed by atoms with Crippen LogP contribution in [0.5, 0.6) is 0 Å². The van der Waals surface area contributed by atoms with Crippen LogP contribution in [-0.4, -0.2) is 23.7 Å². The Labute approximate surface area is 584 Å². The second kappa shape index (κ2) is 24.4. The monoisotopic (exact) mass is 1280 g/mol. The molecule has 470 valence electrons. The van der Waals surface area contributed by atoms with Crippen molar-refractivity contribution in [2.75, 3.05) is 0 Å². The molecule has 0 fully saturated rings. The third-order valence-corrected chi connectivity index (χ3v) is 20.1. The summed E-state index contributed by atoms with van der Waals surface area (Å²) in [6.07, 6.45) is 0. The van der Waals surface area contributed by atoms with E-state index >= 15 is 0 Å². The fraction of sp³-hybridized carbons (Fsp3) is 0. The molecule has 6 heteroatoms. The van der Waals surface area contributed by atoms with Crippen molar-refractivity contribution in [3.63, 3.8) is 0 Å². The van der Waals surface area contributed by atoms with E-state index in [1.165, 1.54) is 0 Å². The molecule has 19 rings (SSSR count). The predicted molar refractivity (Wildman–Crippen MR) is 419 cm³/mol. The van der Waals surface area contributed by atoms with Gasteiger partial charge in [0.1, 0.15) is 6.07 Å². The van der Waals surface area contributed by atoms with Crippen LogP contribution >= 0.6 is 0 Å². The third kappa shape index (κ3) is 10.1. The number of benzene rings is 15. The average molecular weight is 1290 g/mol. The second-order valence-corrected chi connectivity index (χ2v) is 25.9. The van der Waals surface area contributed by atoms with Gasteiger partial charge in [0.2, 0.25) is 0 Å². The van der Waals surface area contributed by atoms with Crippen molar-refractivity contribution in [1.29, 1.82) is 5.26 Å². The van der Waals surface area contributed by atoms with E-state index in [2.05, 4.69) is 359 Å². The molecule has 6 nitrogen and oxygen atoms in total. The van der Waals surface area contributed by atoms with Crippen LogP contribution in [0, 0.1) is 11.3 Å². The van der Waals surface area contributed by atoms with Crippen LogP contribution in [0.15, 0.2) is 364 Å². The zero-order valence-corrected chi connectivity index (χ0v) is 54.8. The van der Waals surface area contributed by atoms with Crippen molar-refractivity contribution >= 4 is 65.4 Å². The topological polar surface area (TPSA) is 64.4 Å². The first-order valence-corrected chi connectivity index (χ1v) is 34.2. The van der Waals surface area contributed by atoms with Gasteiger partial charge in [0.25, 0.3) is 0 Å². The maximum Gasteiger partial charge on any atom is 0.160 e. The number of hydrogen-bond acceptors (Lipinski definition) is 3. The van der Waals surface area contributed by atoms with Crippen LogP contribution in [0.2, 0.25) is 0 Å². The van der Waals surface area contributed by atoms with Crippen LogP contribution in [0.25, 0.3) is 183 Å². The Morgan fingerprint density at radius 2 is 0.455 bits per heavy atom. The van der Waals surface area contributed by atoms with Crippen LogP contribution < -0.4 is 0 Å². The summed E-state index contributed by atoms with van der Waals surface area (Å²) in [7, 11) is 0. The minimum Gasteiger partial charge on any atom is -0.306 e. The molecule has 0 N–H and O–H groups in total. The Morgan fingerprint density at radius 3 is 0.743 bits per heavy atom. The molecule has 0 atom stereocenters. The van der Waals surface area contributed by atoms with E-state index < -0.39 is 0 Å². The van der Waals surface area contributed by atoms with Crippen molar-refractivity contribution in [3.8, 4) is 124 Å². The van der Waals surface area contributed by atoms with Gasteiger partial charge in [-0.3, -0.25) is 0 Å². The van der Waals surface area contributed by atoms with Gasteiger partial charge in [0.05, 0.1) is 67.1 Å². The molecule has 0 aliphatic heterocycles. The molecule has 4 aromatic heterocycles. The fourth-order valence-corrected chi connectivity index (χ4v) is 15.3. The van der Waals surface area contributed by atoms with Crippen molar-refractivity contribution in [2.24, 2.45) is 0 Å². The normalized spacial score (nSPS) is 11.6. The van der Waals surface area contributed by atoms with Gasteiger partial charge in [0, 0.05) is 49.0 Å². The number of nitrogens with zero attached hydrogens (tertiary/aromatic N) is 6. The number of rotatable bonds is 12. The van der Waals surface area contributed by atoms with E-state index in [4.69, 9.17) is 9.97 Å². The molecule has 19 aromatic rings. The quantitative estimate of drug-likeness (QED) is 0.122. The van der Waals surface area contributed by atoms with Gasteiger partial charge in [-0.2, -0.15) is 5.26 Å². The first-order valence-electron chi connectivity index (χ1n) is 34.2. The summed E-state index contributed by atoms with van der Waals surface area (Å²) in [6.45, 7) is 0. The zero-order chi connectivity index (χ0) is 66.9. The summed E-state index contributed by atoms with van der Waals surface area (Å²) in [6, 6.07) is 133. The van der Waals surface area contributed by atoms with E-state index in [9.17, 15) is 5.26 Å². The highest BCUT2D eigenvalue weighted by molar-refractivity contribution is 6.17. The van der Waals surface area contributed by atoms with Gasteiger partial charge >= 0.3 is 0 Å². The Hall–Kier alpha value is -13.7. The van der Waals surface area contributed by atoms with Gasteiger partial charge in [-0.15, -0.1) is 0 Å². The Kier molecular flexibility index (Phi) is 14.2. The smallest absolute Gasteiger partial charge is 0.160 e. The third-order valence-electron chi connectivity index (χ3n) is 20.1. The largest absolute Gasteiger partial charge is 0.306 e. The van der Waals surface area contributed by atoms with Gasteiger partial charge in [-0.25, -0.2) is 9.97 Å². The summed E-state index contributed by atoms with van der Waals surface area (Å²) >= 11 is 0. The maximum absolute atomic E-state index is 12.8. The molecular weight excluding hydrogens is 1230 g/mol. The van der Waals surface area contributed by atoms with E-state index in [-0.39, 0.29) is 0 Å². The average Bonchev–Trinajstić information content (AvgIpc) is 1.57. The molecule has 0 saturated heterocycles. The van der Waals surface area contributed by atoms with Gasteiger partial charge < -0.3 is 13.7 Å². The van der Waals surface area contributed by atoms with E-state index in [1.54, 1.807) is 0 Å². The molecular formula is C95H60N6. The number of hydrogen-bond donors (Lipinski definition) is 0. The lowest BCUT2D eigenvalue weighted by Gasteiger charge is -2.26. The fourth-order valence-electron chi connectivity index (χ4n) is 15.3. The Morgan fingerprint density at radius 1 is 0.208 bits per heavy atom. The summed E-state index contributed by atoms with van der Waals surface area (Å²) in [5.74, 6) is 0.559. The van der Waals surface area contributed by atoms with Crippen molar-refractivity contribution in [1.82, 2.24) is 23.7 Å². The summed E-state index contributed by atoms with van der Waals surface area (Å²) < 4.78 is 7.35. The highest BCUT2D eigenvalue weighted by Crippen LogP contribution is 2.50. The van der Waals surface area contributed by atoms with Crippen LogP contribution in [-0.2, 0) is 0 Å². The summed E-state index contributed by atoms with van der Waals surface area (Å²) in [4.78, 5) is 11.2. The predicted octanol–water partition coefficient (Wildman–Crippen LogP) is 24.6. The number of nitriles is 1. The molecule has 0 aliphatic carbocycles. The molecule has 0 bridgehead atoms. The molecule has 0 aliphatic rings. The Bertz CT molecular complexity index is 6110. The van der Waals surface area contributed by atoms with Crippen LogP contribution in [0.4, 0.5) is 0 Å². The minimum atomic E-state index is 0.452. The molecule has 0 amide bonds. The lowest BCUT2D eigenvalue weighted by atomic mass is 9.98. The number of aromatic nitrogens is 5. The number of fused-ring (bicyclic) bond motifs is 9. The van der Waals surface area contributed by atoms with E-state index in [1.807, 2.05) is 24.3 Å². The first-order chi connectivity index (χ1) is 50.0. The van der Waals surface area contributed by atoms with Crippen molar-refractivity contribution in [3.05, 3.63) is 370 Å². The van der Waals surface area contributed by atoms with Gasteiger partial charge in [0.15, 0.2) is 5.82 Å².